The van der Waals surface area contributed by atoms with Crippen molar-refractivity contribution in [1.29, 1.82) is 0 Å². The summed E-state index contributed by atoms with van der Waals surface area (Å²) in [4.78, 5) is 4.56. The van der Waals surface area contributed by atoms with Gasteiger partial charge in [0.1, 0.15) is 0 Å². The first kappa shape index (κ1) is 13.7. The van der Waals surface area contributed by atoms with Gasteiger partial charge in [0, 0.05) is 16.6 Å². The molecule has 0 atom stereocenters. The lowest BCUT2D eigenvalue weighted by atomic mass is 10.1. The van der Waals surface area contributed by atoms with E-state index >= 15 is 0 Å². The zero-order valence-electron chi connectivity index (χ0n) is 13.1. The molecule has 6 nitrogen and oxygen atoms in total. The summed E-state index contributed by atoms with van der Waals surface area (Å²) in [5.41, 5.74) is 4.51. The normalized spacial score (nSPS) is 11.2. The van der Waals surface area contributed by atoms with Crippen LogP contribution in [0.4, 0.5) is 11.6 Å². The summed E-state index contributed by atoms with van der Waals surface area (Å²) in [5, 5.41) is 12.6. The molecule has 0 radical (unpaired) electrons. The number of nitrogens with one attached hydrogen (secondary N) is 1. The summed E-state index contributed by atoms with van der Waals surface area (Å²) < 4.78 is 6.97. The molecule has 0 aliphatic carbocycles. The van der Waals surface area contributed by atoms with Crippen LogP contribution in [0.5, 0.6) is 0 Å². The number of pyridine rings is 1. The zero-order valence-corrected chi connectivity index (χ0v) is 13.1. The van der Waals surface area contributed by atoms with Crippen LogP contribution in [-0.4, -0.2) is 19.8 Å². The van der Waals surface area contributed by atoms with Gasteiger partial charge in [0.15, 0.2) is 11.2 Å². The van der Waals surface area contributed by atoms with E-state index in [1.54, 1.807) is 6.20 Å². The van der Waals surface area contributed by atoms with E-state index in [1.807, 2.05) is 59.1 Å². The number of fused-ring (bicyclic) bond motifs is 2. The molecular weight excluding hydrogens is 314 g/mol. The smallest absolute Gasteiger partial charge is 0.247 e. The fourth-order valence-electron chi connectivity index (χ4n) is 2.86. The molecule has 3 heterocycles. The molecule has 0 aliphatic heterocycles. The van der Waals surface area contributed by atoms with Crippen LogP contribution >= 0.6 is 0 Å². The van der Waals surface area contributed by atoms with E-state index in [2.05, 4.69) is 32.7 Å². The molecule has 3 aromatic heterocycles. The van der Waals surface area contributed by atoms with E-state index in [4.69, 9.17) is 4.52 Å². The molecule has 0 saturated heterocycles. The van der Waals surface area contributed by atoms with Crippen LogP contribution in [0.1, 0.15) is 0 Å². The van der Waals surface area contributed by atoms with Crippen molar-refractivity contribution in [3.05, 3.63) is 72.9 Å². The number of nitrogens with zero attached hydrogens (tertiary/aromatic N) is 4. The first-order chi connectivity index (χ1) is 12.4. The van der Waals surface area contributed by atoms with Crippen molar-refractivity contribution in [1.82, 2.24) is 19.8 Å². The fraction of sp³-hybridized carbons (Fsp3) is 0. The maximum atomic E-state index is 5.12. The van der Waals surface area contributed by atoms with Crippen LogP contribution < -0.4 is 5.32 Å². The van der Waals surface area contributed by atoms with Gasteiger partial charge in [-0.25, -0.2) is 4.52 Å². The lowest BCUT2D eigenvalue weighted by Gasteiger charge is -2.03. The SMILES string of the molecule is c1ccc(-c2cccc3nc(Nc4ccc5oncc5c4)nn23)cc1. The van der Waals surface area contributed by atoms with Gasteiger partial charge < -0.3 is 9.84 Å². The third-order valence-corrected chi connectivity index (χ3v) is 4.04. The molecule has 120 valence electrons. The second-order valence-electron chi connectivity index (χ2n) is 5.69. The van der Waals surface area contributed by atoms with Gasteiger partial charge in [-0.15, -0.1) is 5.10 Å². The third kappa shape index (κ3) is 2.40. The Kier molecular flexibility index (Phi) is 3.00. The van der Waals surface area contributed by atoms with E-state index in [0.29, 0.717) is 5.95 Å². The molecule has 5 aromatic rings. The molecule has 25 heavy (non-hydrogen) atoms. The molecule has 1 N–H and O–H groups in total. The second kappa shape index (κ2) is 5.45. The van der Waals surface area contributed by atoms with Crippen LogP contribution in [0.25, 0.3) is 27.9 Å². The van der Waals surface area contributed by atoms with E-state index in [1.165, 1.54) is 0 Å². The summed E-state index contributed by atoms with van der Waals surface area (Å²) in [7, 11) is 0. The highest BCUT2D eigenvalue weighted by atomic mass is 16.5. The number of benzene rings is 2. The number of rotatable bonds is 3. The highest BCUT2D eigenvalue weighted by Crippen LogP contribution is 2.23. The molecule has 0 amide bonds. The van der Waals surface area contributed by atoms with Crippen molar-refractivity contribution in [2.24, 2.45) is 0 Å². The van der Waals surface area contributed by atoms with Crippen molar-refractivity contribution >= 4 is 28.3 Å². The first-order valence-corrected chi connectivity index (χ1v) is 7.89. The van der Waals surface area contributed by atoms with Crippen molar-refractivity contribution in [3.8, 4) is 11.3 Å². The van der Waals surface area contributed by atoms with Crippen molar-refractivity contribution in [2.75, 3.05) is 5.32 Å². The largest absolute Gasteiger partial charge is 0.356 e. The molecule has 0 fully saturated rings. The predicted molar refractivity (Wildman–Crippen MR) is 95.7 cm³/mol. The summed E-state index contributed by atoms with van der Waals surface area (Å²) >= 11 is 0. The number of hydrogen-bond acceptors (Lipinski definition) is 5. The van der Waals surface area contributed by atoms with Gasteiger partial charge in [-0.1, -0.05) is 41.6 Å². The Balaban J connectivity index is 1.56. The first-order valence-electron chi connectivity index (χ1n) is 7.89. The third-order valence-electron chi connectivity index (χ3n) is 4.04. The molecule has 0 spiro atoms. The quantitative estimate of drug-likeness (QED) is 0.535. The zero-order chi connectivity index (χ0) is 16.6. The highest BCUT2D eigenvalue weighted by Gasteiger charge is 2.09. The van der Waals surface area contributed by atoms with Crippen LogP contribution in [-0.2, 0) is 0 Å². The summed E-state index contributed by atoms with van der Waals surface area (Å²) in [6, 6.07) is 21.8. The van der Waals surface area contributed by atoms with E-state index < -0.39 is 0 Å². The average Bonchev–Trinajstić information content (AvgIpc) is 3.27. The molecule has 5 rings (SSSR count). The predicted octanol–water partition coefficient (Wildman–Crippen LogP) is 4.28. The lowest BCUT2D eigenvalue weighted by Crippen LogP contribution is -1.95. The Hall–Kier alpha value is -3.67. The Morgan fingerprint density at radius 1 is 0.920 bits per heavy atom. The molecule has 0 unspecified atom stereocenters. The number of hydrogen-bond donors (Lipinski definition) is 1. The Morgan fingerprint density at radius 2 is 1.84 bits per heavy atom. The van der Waals surface area contributed by atoms with Gasteiger partial charge in [-0.3, -0.25) is 0 Å². The van der Waals surface area contributed by atoms with Crippen LogP contribution in [0.15, 0.2) is 77.4 Å². The summed E-state index contributed by atoms with van der Waals surface area (Å²) in [5.74, 6) is 0.541. The number of aromatic nitrogens is 4. The minimum absolute atomic E-state index is 0.541. The minimum atomic E-state index is 0.541. The van der Waals surface area contributed by atoms with Crippen LogP contribution in [0, 0.1) is 0 Å². The molecule has 0 saturated carbocycles. The standard InChI is InChI=1S/C19H13N5O/c1-2-5-13(6-3-1)16-7-4-8-18-22-19(23-24(16)18)21-15-9-10-17-14(11-15)12-20-25-17/h1-12H,(H,21,23). The lowest BCUT2D eigenvalue weighted by molar-refractivity contribution is 0.456. The van der Waals surface area contributed by atoms with Crippen molar-refractivity contribution < 1.29 is 4.52 Å². The van der Waals surface area contributed by atoms with Gasteiger partial charge in [0.25, 0.3) is 0 Å². The van der Waals surface area contributed by atoms with Crippen molar-refractivity contribution in [2.45, 2.75) is 0 Å². The minimum Gasteiger partial charge on any atom is -0.356 e. The Bertz CT molecular complexity index is 1180. The fourth-order valence-corrected chi connectivity index (χ4v) is 2.86. The van der Waals surface area contributed by atoms with Gasteiger partial charge >= 0.3 is 0 Å². The average molecular weight is 327 g/mol. The topological polar surface area (TPSA) is 68.2 Å². The van der Waals surface area contributed by atoms with Gasteiger partial charge in [-0.2, -0.15) is 4.98 Å². The maximum absolute atomic E-state index is 5.12. The van der Waals surface area contributed by atoms with Crippen LogP contribution in [0.2, 0.25) is 0 Å². The van der Waals surface area contributed by atoms with Gasteiger partial charge in [0.05, 0.1) is 11.9 Å². The molecule has 0 bridgehead atoms. The van der Waals surface area contributed by atoms with E-state index in [0.717, 1.165) is 33.6 Å². The van der Waals surface area contributed by atoms with E-state index in [-0.39, 0.29) is 0 Å². The van der Waals surface area contributed by atoms with Crippen molar-refractivity contribution in [3.63, 3.8) is 0 Å². The molecular formula is C19H13N5O. The summed E-state index contributed by atoms with van der Waals surface area (Å²) in [6.45, 7) is 0. The molecule has 6 heteroatoms. The van der Waals surface area contributed by atoms with Crippen LogP contribution in [0.3, 0.4) is 0 Å². The summed E-state index contributed by atoms with van der Waals surface area (Å²) in [6.07, 6.45) is 1.69. The molecule has 0 aliphatic rings. The Morgan fingerprint density at radius 3 is 2.76 bits per heavy atom. The second-order valence-corrected chi connectivity index (χ2v) is 5.69. The monoisotopic (exact) mass is 327 g/mol. The molecule has 2 aromatic carbocycles. The maximum Gasteiger partial charge on any atom is 0.247 e. The number of anilines is 2. The Labute approximate surface area is 142 Å². The van der Waals surface area contributed by atoms with E-state index in [9.17, 15) is 0 Å². The van der Waals surface area contributed by atoms with Gasteiger partial charge in [0.2, 0.25) is 5.95 Å². The van der Waals surface area contributed by atoms with Gasteiger partial charge in [-0.05, 0) is 30.3 Å². The highest BCUT2D eigenvalue weighted by molar-refractivity contribution is 5.81.